The van der Waals surface area contributed by atoms with Gasteiger partial charge in [-0.1, -0.05) is 24.6 Å². The number of hydrogen-bond acceptors (Lipinski definition) is 4. The minimum Gasteiger partial charge on any atom is -0.340 e. The van der Waals surface area contributed by atoms with E-state index in [1.54, 1.807) is 30.3 Å². The third-order valence-electron chi connectivity index (χ3n) is 5.21. The molecule has 7 heteroatoms. The Balaban J connectivity index is 1.63. The minimum absolute atomic E-state index is 0.0206. The normalized spacial score (nSPS) is 25.8. The number of sulfonamides is 1. The molecule has 132 valence electrons. The second-order valence-electron chi connectivity index (χ2n) is 6.58. The van der Waals surface area contributed by atoms with E-state index in [1.165, 1.54) is 4.31 Å². The van der Waals surface area contributed by atoms with Crippen molar-refractivity contribution in [3.63, 3.8) is 0 Å². The van der Waals surface area contributed by atoms with E-state index in [2.05, 4.69) is 0 Å². The van der Waals surface area contributed by atoms with Crippen molar-refractivity contribution in [2.24, 2.45) is 17.6 Å². The highest BCUT2D eigenvalue weighted by molar-refractivity contribution is 7.89. The number of carbonyl (C=O) groups excluding carboxylic acids is 1. The van der Waals surface area contributed by atoms with Gasteiger partial charge < -0.3 is 10.6 Å². The van der Waals surface area contributed by atoms with Gasteiger partial charge in [-0.15, -0.1) is 0 Å². The molecule has 0 spiro atoms. The number of carbonyl (C=O) groups is 1. The van der Waals surface area contributed by atoms with Crippen molar-refractivity contribution < 1.29 is 13.2 Å². The Labute approximate surface area is 143 Å². The van der Waals surface area contributed by atoms with E-state index in [-0.39, 0.29) is 17.7 Å². The van der Waals surface area contributed by atoms with Gasteiger partial charge in [-0.05, 0) is 37.4 Å². The molecule has 2 atom stereocenters. The number of benzene rings is 1. The van der Waals surface area contributed by atoms with Gasteiger partial charge in [-0.3, -0.25) is 4.79 Å². The lowest BCUT2D eigenvalue weighted by atomic mass is 9.94. The predicted molar refractivity (Wildman–Crippen MR) is 91.7 cm³/mol. The highest BCUT2D eigenvalue weighted by Gasteiger charge is 2.37. The smallest absolute Gasteiger partial charge is 0.243 e. The first-order chi connectivity index (χ1) is 11.5. The number of piperazine rings is 1. The van der Waals surface area contributed by atoms with Gasteiger partial charge in [0.05, 0.1) is 4.90 Å². The molecule has 24 heavy (non-hydrogen) atoms. The van der Waals surface area contributed by atoms with Crippen molar-refractivity contribution in [3.05, 3.63) is 30.3 Å². The van der Waals surface area contributed by atoms with Crippen LogP contribution in [-0.4, -0.2) is 56.3 Å². The zero-order chi connectivity index (χ0) is 17.2. The van der Waals surface area contributed by atoms with Gasteiger partial charge in [-0.2, -0.15) is 4.31 Å². The molecule has 0 radical (unpaired) electrons. The SMILES string of the molecule is NC[C@H]1CCC[C@H]1C(=O)N1CCN(S(=O)(=O)c2ccccc2)CC1. The third-order valence-corrected chi connectivity index (χ3v) is 7.12. The van der Waals surface area contributed by atoms with Crippen LogP contribution in [0, 0.1) is 11.8 Å². The number of rotatable bonds is 4. The van der Waals surface area contributed by atoms with Crippen molar-refractivity contribution in [2.45, 2.75) is 24.2 Å². The van der Waals surface area contributed by atoms with Crippen LogP contribution in [0.4, 0.5) is 0 Å². The molecule has 0 bridgehead atoms. The lowest BCUT2D eigenvalue weighted by molar-refractivity contribution is -0.137. The second-order valence-corrected chi connectivity index (χ2v) is 8.51. The summed E-state index contributed by atoms with van der Waals surface area (Å²) in [6, 6.07) is 8.46. The van der Waals surface area contributed by atoms with E-state index in [4.69, 9.17) is 5.73 Å². The van der Waals surface area contributed by atoms with E-state index >= 15 is 0 Å². The maximum Gasteiger partial charge on any atom is 0.243 e. The van der Waals surface area contributed by atoms with E-state index in [0.29, 0.717) is 37.6 Å². The largest absolute Gasteiger partial charge is 0.340 e. The molecule has 1 aromatic carbocycles. The molecule has 1 saturated heterocycles. The summed E-state index contributed by atoms with van der Waals surface area (Å²) in [5, 5.41) is 0. The summed E-state index contributed by atoms with van der Waals surface area (Å²) in [5.74, 6) is 0.454. The van der Waals surface area contributed by atoms with Gasteiger partial charge in [0, 0.05) is 32.1 Å². The highest BCUT2D eigenvalue weighted by atomic mass is 32.2. The lowest BCUT2D eigenvalue weighted by Crippen LogP contribution is -2.52. The first-order valence-electron chi connectivity index (χ1n) is 8.58. The molecule has 1 heterocycles. The van der Waals surface area contributed by atoms with Gasteiger partial charge in [0.15, 0.2) is 0 Å². The van der Waals surface area contributed by atoms with Crippen LogP contribution < -0.4 is 5.73 Å². The quantitative estimate of drug-likeness (QED) is 0.873. The van der Waals surface area contributed by atoms with E-state index in [1.807, 2.05) is 4.90 Å². The summed E-state index contributed by atoms with van der Waals surface area (Å²) >= 11 is 0. The summed E-state index contributed by atoms with van der Waals surface area (Å²) in [7, 11) is -3.47. The maximum atomic E-state index is 12.7. The van der Waals surface area contributed by atoms with Gasteiger partial charge >= 0.3 is 0 Å². The molecule has 1 saturated carbocycles. The number of amides is 1. The Bertz CT molecular complexity index is 670. The summed E-state index contributed by atoms with van der Waals surface area (Å²) in [4.78, 5) is 14.8. The Morgan fingerprint density at radius 2 is 1.75 bits per heavy atom. The van der Waals surface area contributed by atoms with Crippen LogP contribution in [0.25, 0.3) is 0 Å². The summed E-state index contributed by atoms with van der Waals surface area (Å²) in [5.41, 5.74) is 5.78. The first-order valence-corrected chi connectivity index (χ1v) is 10.0. The maximum absolute atomic E-state index is 12.7. The molecule has 6 nitrogen and oxygen atoms in total. The molecule has 3 rings (SSSR count). The second kappa shape index (κ2) is 7.21. The van der Waals surface area contributed by atoms with Crippen molar-refractivity contribution >= 4 is 15.9 Å². The molecule has 1 aromatic rings. The summed E-state index contributed by atoms with van der Waals surface area (Å²) in [6.07, 6.45) is 2.99. The average Bonchev–Trinajstić information content (AvgIpc) is 3.10. The molecule has 2 fully saturated rings. The molecule has 1 aliphatic heterocycles. The Morgan fingerprint density at radius 3 is 2.38 bits per heavy atom. The molecular formula is C17H25N3O3S. The number of nitrogens with two attached hydrogens (primary N) is 1. The third kappa shape index (κ3) is 3.34. The summed E-state index contributed by atoms with van der Waals surface area (Å²) in [6.45, 7) is 2.17. The predicted octanol–water partition coefficient (Wildman–Crippen LogP) is 0.895. The standard InChI is InChI=1S/C17H25N3O3S/c18-13-14-5-4-8-16(14)17(21)19-9-11-20(12-10-19)24(22,23)15-6-2-1-3-7-15/h1-3,6-7,14,16H,4-5,8-13,18H2/t14-,16-/m1/s1. The van der Waals surface area contributed by atoms with Crippen LogP contribution >= 0.6 is 0 Å². The van der Waals surface area contributed by atoms with Crippen LogP contribution in [0.5, 0.6) is 0 Å². The van der Waals surface area contributed by atoms with E-state index in [9.17, 15) is 13.2 Å². The first kappa shape index (κ1) is 17.4. The Hall–Kier alpha value is -1.44. The van der Waals surface area contributed by atoms with Gasteiger partial charge in [0.2, 0.25) is 15.9 Å². The lowest BCUT2D eigenvalue weighted by Gasteiger charge is -2.36. The fourth-order valence-corrected chi connectivity index (χ4v) is 5.21. The highest BCUT2D eigenvalue weighted by Crippen LogP contribution is 2.32. The monoisotopic (exact) mass is 351 g/mol. The fraction of sp³-hybridized carbons (Fsp3) is 0.588. The van der Waals surface area contributed by atoms with Crippen LogP contribution in [-0.2, 0) is 14.8 Å². The molecule has 0 aromatic heterocycles. The molecule has 2 aliphatic rings. The molecule has 1 aliphatic carbocycles. The molecular weight excluding hydrogens is 326 g/mol. The van der Waals surface area contributed by atoms with Crippen molar-refractivity contribution in [1.29, 1.82) is 0 Å². The number of hydrogen-bond donors (Lipinski definition) is 1. The van der Waals surface area contributed by atoms with Gasteiger partial charge in [0.25, 0.3) is 0 Å². The molecule has 1 amide bonds. The minimum atomic E-state index is -3.47. The van der Waals surface area contributed by atoms with Crippen LogP contribution in [0.2, 0.25) is 0 Å². The fourth-order valence-electron chi connectivity index (χ4n) is 3.77. The van der Waals surface area contributed by atoms with Gasteiger partial charge in [0.1, 0.15) is 0 Å². The van der Waals surface area contributed by atoms with E-state index < -0.39 is 10.0 Å². The molecule has 0 unspecified atom stereocenters. The van der Waals surface area contributed by atoms with Crippen LogP contribution in [0.1, 0.15) is 19.3 Å². The number of nitrogens with zero attached hydrogens (tertiary/aromatic N) is 2. The van der Waals surface area contributed by atoms with Crippen molar-refractivity contribution in [3.8, 4) is 0 Å². The average molecular weight is 351 g/mol. The zero-order valence-corrected chi connectivity index (χ0v) is 14.6. The summed E-state index contributed by atoms with van der Waals surface area (Å²) < 4.78 is 26.7. The van der Waals surface area contributed by atoms with Gasteiger partial charge in [-0.25, -0.2) is 8.42 Å². The van der Waals surface area contributed by atoms with Crippen molar-refractivity contribution in [1.82, 2.24) is 9.21 Å². The zero-order valence-electron chi connectivity index (χ0n) is 13.8. The van der Waals surface area contributed by atoms with Crippen molar-refractivity contribution in [2.75, 3.05) is 32.7 Å². The Kier molecular flexibility index (Phi) is 5.22. The molecule has 2 N–H and O–H groups in total. The Morgan fingerprint density at radius 1 is 1.08 bits per heavy atom. The van der Waals surface area contributed by atoms with Crippen LogP contribution in [0.3, 0.4) is 0 Å². The topological polar surface area (TPSA) is 83.7 Å². The van der Waals surface area contributed by atoms with E-state index in [0.717, 1.165) is 19.3 Å². The van der Waals surface area contributed by atoms with Crippen LogP contribution in [0.15, 0.2) is 35.2 Å².